The Balaban J connectivity index is 0.00000161. The van der Waals surface area contributed by atoms with Crippen molar-refractivity contribution in [3.63, 3.8) is 0 Å². The van der Waals surface area contributed by atoms with Gasteiger partial charge in [0.2, 0.25) is 0 Å². The van der Waals surface area contributed by atoms with Crippen molar-refractivity contribution in [1.29, 1.82) is 0 Å². The fourth-order valence-corrected chi connectivity index (χ4v) is 3.57. The normalized spacial score (nSPS) is 18.6. The third-order valence-electron chi connectivity index (χ3n) is 4.12. The Labute approximate surface area is 134 Å². The maximum absolute atomic E-state index is 11.9. The molecule has 0 bridgehead atoms. The molecule has 0 amide bonds. The van der Waals surface area contributed by atoms with Crippen LogP contribution in [-0.2, 0) is 6.54 Å². The zero-order valence-electron chi connectivity index (χ0n) is 12.1. The van der Waals surface area contributed by atoms with E-state index in [1.54, 1.807) is 16.7 Å². The summed E-state index contributed by atoms with van der Waals surface area (Å²) in [6.45, 7) is 4.93. The number of nitrogens with two attached hydrogens (primary N) is 1. The summed E-state index contributed by atoms with van der Waals surface area (Å²) in [5.74, 6) is 0.629. The standard InChI is InChI=1S/C14H20N4OS.ClH/c1-10(15)11-2-4-17(5-3-11)9-12-8-13(19)18-6-7-20-14(18)16-12;/h6-8,10-11H,2-5,9,15H2,1H3;1H. The Hall–Kier alpha value is -0.950. The van der Waals surface area contributed by atoms with Gasteiger partial charge in [0.15, 0.2) is 4.96 Å². The second-order valence-electron chi connectivity index (χ2n) is 5.61. The molecule has 0 spiro atoms. The Bertz CT molecular complexity index is 646. The van der Waals surface area contributed by atoms with Crippen LogP contribution in [0, 0.1) is 5.92 Å². The number of aromatic nitrogens is 2. The summed E-state index contributed by atoms with van der Waals surface area (Å²) in [5, 5.41) is 1.89. The lowest BCUT2D eigenvalue weighted by Crippen LogP contribution is -2.39. The van der Waals surface area contributed by atoms with E-state index >= 15 is 0 Å². The fraction of sp³-hybridized carbons (Fsp3) is 0.571. The average Bonchev–Trinajstić information content (AvgIpc) is 2.88. The van der Waals surface area contributed by atoms with Gasteiger partial charge in [-0.05, 0) is 38.8 Å². The number of halogens is 1. The van der Waals surface area contributed by atoms with E-state index in [0.717, 1.165) is 43.1 Å². The van der Waals surface area contributed by atoms with E-state index in [-0.39, 0.29) is 24.0 Å². The molecule has 1 atom stereocenters. The number of hydrogen-bond donors (Lipinski definition) is 1. The Morgan fingerprint density at radius 1 is 1.48 bits per heavy atom. The highest BCUT2D eigenvalue weighted by Crippen LogP contribution is 2.20. The third-order valence-corrected chi connectivity index (χ3v) is 4.87. The van der Waals surface area contributed by atoms with Crippen molar-refractivity contribution in [3.05, 3.63) is 33.7 Å². The molecule has 0 aromatic carbocycles. The van der Waals surface area contributed by atoms with E-state index in [4.69, 9.17) is 5.73 Å². The van der Waals surface area contributed by atoms with Gasteiger partial charge in [-0.25, -0.2) is 4.98 Å². The molecule has 1 saturated heterocycles. The van der Waals surface area contributed by atoms with E-state index in [1.165, 1.54) is 11.3 Å². The lowest BCUT2D eigenvalue weighted by molar-refractivity contribution is 0.164. The zero-order chi connectivity index (χ0) is 14.1. The topological polar surface area (TPSA) is 63.6 Å². The highest BCUT2D eigenvalue weighted by molar-refractivity contribution is 7.15. The highest BCUT2D eigenvalue weighted by atomic mass is 35.5. The number of thiazole rings is 1. The van der Waals surface area contributed by atoms with Gasteiger partial charge < -0.3 is 5.73 Å². The van der Waals surface area contributed by atoms with Gasteiger partial charge >= 0.3 is 0 Å². The Morgan fingerprint density at radius 2 is 2.19 bits per heavy atom. The SMILES string of the molecule is CC(N)C1CCN(Cc2cc(=O)n3ccsc3n2)CC1.Cl. The lowest BCUT2D eigenvalue weighted by atomic mass is 9.91. The Kier molecular flexibility index (Phi) is 5.37. The van der Waals surface area contributed by atoms with Crippen molar-refractivity contribution in [2.75, 3.05) is 13.1 Å². The number of rotatable bonds is 3. The second kappa shape index (κ2) is 6.87. The van der Waals surface area contributed by atoms with Gasteiger partial charge in [-0.2, -0.15) is 0 Å². The monoisotopic (exact) mass is 328 g/mol. The van der Waals surface area contributed by atoms with Crippen molar-refractivity contribution >= 4 is 28.7 Å². The molecule has 0 saturated carbocycles. The van der Waals surface area contributed by atoms with Crippen molar-refractivity contribution in [2.24, 2.45) is 11.7 Å². The summed E-state index contributed by atoms with van der Waals surface area (Å²) in [6.07, 6.45) is 4.04. The van der Waals surface area contributed by atoms with Gasteiger partial charge in [0.25, 0.3) is 5.56 Å². The largest absolute Gasteiger partial charge is 0.328 e. The molecule has 7 heteroatoms. The van der Waals surface area contributed by atoms with E-state index < -0.39 is 0 Å². The molecule has 116 valence electrons. The van der Waals surface area contributed by atoms with Gasteiger partial charge in [-0.3, -0.25) is 14.1 Å². The minimum Gasteiger partial charge on any atom is -0.328 e. The number of likely N-dealkylation sites (tertiary alicyclic amines) is 1. The van der Waals surface area contributed by atoms with Crippen LogP contribution >= 0.6 is 23.7 Å². The average molecular weight is 329 g/mol. The van der Waals surface area contributed by atoms with Gasteiger partial charge in [-0.1, -0.05) is 0 Å². The molecule has 2 N–H and O–H groups in total. The fourth-order valence-electron chi connectivity index (χ4n) is 2.83. The minimum atomic E-state index is 0. The van der Waals surface area contributed by atoms with Crippen LogP contribution in [0.25, 0.3) is 4.96 Å². The first-order chi connectivity index (χ1) is 9.63. The van der Waals surface area contributed by atoms with Crippen molar-refractivity contribution in [1.82, 2.24) is 14.3 Å². The van der Waals surface area contributed by atoms with Crippen LogP contribution in [0.3, 0.4) is 0 Å². The van der Waals surface area contributed by atoms with Crippen LogP contribution in [0.4, 0.5) is 0 Å². The number of nitrogens with zero attached hydrogens (tertiary/aromatic N) is 3. The van der Waals surface area contributed by atoms with E-state index in [2.05, 4.69) is 16.8 Å². The predicted octanol–water partition coefficient (Wildman–Crippen LogP) is 1.74. The molecular formula is C14H21ClN4OS. The van der Waals surface area contributed by atoms with E-state index in [9.17, 15) is 4.79 Å². The van der Waals surface area contributed by atoms with Crippen LogP contribution in [0.1, 0.15) is 25.5 Å². The molecule has 2 aromatic heterocycles. The number of fused-ring (bicyclic) bond motifs is 1. The summed E-state index contributed by atoms with van der Waals surface area (Å²) >= 11 is 1.50. The number of hydrogen-bond acceptors (Lipinski definition) is 5. The first kappa shape index (κ1) is 16.4. The molecule has 5 nitrogen and oxygen atoms in total. The lowest BCUT2D eigenvalue weighted by Gasteiger charge is -2.33. The molecule has 21 heavy (non-hydrogen) atoms. The van der Waals surface area contributed by atoms with Crippen molar-refractivity contribution in [3.8, 4) is 0 Å². The van der Waals surface area contributed by atoms with Gasteiger partial charge in [0, 0.05) is 30.2 Å². The summed E-state index contributed by atoms with van der Waals surface area (Å²) < 4.78 is 1.59. The molecule has 3 rings (SSSR count). The molecule has 1 aliphatic rings. The Morgan fingerprint density at radius 3 is 2.86 bits per heavy atom. The van der Waals surface area contributed by atoms with E-state index in [0.29, 0.717) is 5.92 Å². The maximum Gasteiger partial charge on any atom is 0.258 e. The van der Waals surface area contributed by atoms with Crippen LogP contribution in [0.2, 0.25) is 0 Å². The van der Waals surface area contributed by atoms with Crippen molar-refractivity contribution in [2.45, 2.75) is 32.4 Å². The van der Waals surface area contributed by atoms with Crippen LogP contribution < -0.4 is 11.3 Å². The molecule has 1 unspecified atom stereocenters. The molecule has 3 heterocycles. The second-order valence-corrected chi connectivity index (χ2v) is 6.49. The molecule has 2 aromatic rings. The quantitative estimate of drug-likeness (QED) is 0.932. The molecule has 1 fully saturated rings. The van der Waals surface area contributed by atoms with Crippen molar-refractivity contribution < 1.29 is 0 Å². The maximum atomic E-state index is 11.9. The van der Waals surface area contributed by atoms with Gasteiger partial charge in [0.05, 0.1) is 5.69 Å². The highest BCUT2D eigenvalue weighted by Gasteiger charge is 2.22. The van der Waals surface area contributed by atoms with Crippen LogP contribution in [-0.4, -0.2) is 33.4 Å². The minimum absolute atomic E-state index is 0. The summed E-state index contributed by atoms with van der Waals surface area (Å²) in [7, 11) is 0. The first-order valence-corrected chi connectivity index (χ1v) is 7.95. The van der Waals surface area contributed by atoms with E-state index in [1.807, 2.05) is 5.38 Å². The van der Waals surface area contributed by atoms with Crippen LogP contribution in [0.5, 0.6) is 0 Å². The molecule has 0 aliphatic carbocycles. The van der Waals surface area contributed by atoms with Crippen LogP contribution in [0.15, 0.2) is 22.4 Å². The van der Waals surface area contributed by atoms with Gasteiger partial charge in [0.1, 0.15) is 0 Å². The molecular weight excluding hydrogens is 308 g/mol. The molecule has 0 radical (unpaired) electrons. The third kappa shape index (κ3) is 3.63. The number of piperidine rings is 1. The summed E-state index contributed by atoms with van der Waals surface area (Å²) in [4.78, 5) is 19.6. The first-order valence-electron chi connectivity index (χ1n) is 7.07. The predicted molar refractivity (Wildman–Crippen MR) is 88.2 cm³/mol. The molecule has 1 aliphatic heterocycles. The summed E-state index contributed by atoms with van der Waals surface area (Å²) in [6, 6.07) is 1.93. The van der Waals surface area contributed by atoms with Gasteiger partial charge in [-0.15, -0.1) is 23.7 Å². The smallest absolute Gasteiger partial charge is 0.258 e. The zero-order valence-corrected chi connectivity index (χ0v) is 13.7. The summed E-state index contributed by atoms with van der Waals surface area (Å²) in [5.41, 5.74) is 6.84.